The van der Waals surface area contributed by atoms with Crippen LogP contribution in [0.4, 0.5) is 26.3 Å². The highest BCUT2D eigenvalue weighted by molar-refractivity contribution is 5.94. The summed E-state index contributed by atoms with van der Waals surface area (Å²) in [6, 6.07) is 5.99. The van der Waals surface area contributed by atoms with Gasteiger partial charge in [-0.15, -0.1) is 13.2 Å². The minimum Gasteiger partial charge on any atom is -0.471 e. The van der Waals surface area contributed by atoms with Crippen LogP contribution in [0.15, 0.2) is 42.6 Å². The fourth-order valence-electron chi connectivity index (χ4n) is 2.48. The van der Waals surface area contributed by atoms with Crippen LogP contribution >= 0.6 is 0 Å². The Morgan fingerprint density at radius 1 is 1.04 bits per heavy atom. The van der Waals surface area contributed by atoms with Crippen LogP contribution in [-0.2, 0) is 6.18 Å². The van der Waals surface area contributed by atoms with Crippen molar-refractivity contribution in [1.29, 1.82) is 0 Å². The summed E-state index contributed by atoms with van der Waals surface area (Å²) in [6.45, 7) is 0.217. The van der Waals surface area contributed by atoms with E-state index >= 15 is 0 Å². The predicted octanol–water partition coefficient (Wildman–Crippen LogP) is 3.90. The first-order chi connectivity index (χ1) is 13.0. The Balaban J connectivity index is 1.54. The molecule has 0 aliphatic carbocycles. The molecule has 1 aliphatic heterocycles. The second kappa shape index (κ2) is 7.21. The van der Waals surface area contributed by atoms with Crippen LogP contribution < -0.4 is 9.47 Å². The van der Waals surface area contributed by atoms with E-state index in [1.54, 1.807) is 0 Å². The second-order valence-electron chi connectivity index (χ2n) is 5.90. The number of amides is 1. The Morgan fingerprint density at radius 3 is 2.25 bits per heavy atom. The number of nitrogens with zero attached hydrogens (tertiary/aromatic N) is 2. The number of alkyl halides is 6. The molecule has 1 fully saturated rings. The molecule has 1 saturated heterocycles. The lowest BCUT2D eigenvalue weighted by molar-refractivity contribution is -0.274. The Morgan fingerprint density at radius 2 is 1.68 bits per heavy atom. The quantitative estimate of drug-likeness (QED) is 0.723. The topological polar surface area (TPSA) is 51.7 Å². The molecule has 5 nitrogen and oxygen atoms in total. The number of carbonyl (C=O) groups excluding carboxylic acids is 1. The van der Waals surface area contributed by atoms with E-state index < -0.39 is 35.9 Å². The van der Waals surface area contributed by atoms with Gasteiger partial charge in [0.05, 0.1) is 18.7 Å². The van der Waals surface area contributed by atoms with Gasteiger partial charge in [0.25, 0.3) is 5.91 Å². The molecule has 1 amide bonds. The standard InChI is InChI=1S/C17H12F6N2O3/c18-16(19,20)11-5-6-24-14(7-11)27-13-8-25(9-13)15(26)10-1-3-12(4-2-10)28-17(21,22)23/h1-7,13H,8-9H2. The third-order valence-electron chi connectivity index (χ3n) is 3.82. The minimum atomic E-state index is -4.83. The summed E-state index contributed by atoms with van der Waals surface area (Å²) in [5.41, 5.74) is -0.754. The number of halogens is 6. The van der Waals surface area contributed by atoms with Gasteiger partial charge in [-0.25, -0.2) is 4.98 Å². The van der Waals surface area contributed by atoms with Crippen LogP contribution in [0.3, 0.4) is 0 Å². The number of likely N-dealkylation sites (tertiary alicyclic amines) is 1. The van der Waals surface area contributed by atoms with Gasteiger partial charge >= 0.3 is 12.5 Å². The zero-order chi connectivity index (χ0) is 20.5. The molecule has 0 unspecified atom stereocenters. The zero-order valence-corrected chi connectivity index (χ0v) is 13.9. The summed E-state index contributed by atoms with van der Waals surface area (Å²) in [6.07, 6.45) is -8.91. The van der Waals surface area contributed by atoms with Gasteiger partial charge in [0.2, 0.25) is 5.88 Å². The molecule has 150 valence electrons. The van der Waals surface area contributed by atoms with Crippen molar-refractivity contribution < 1.29 is 40.6 Å². The predicted molar refractivity (Wildman–Crippen MR) is 82.7 cm³/mol. The molecule has 3 rings (SSSR count). The molecule has 0 bridgehead atoms. The van der Waals surface area contributed by atoms with Gasteiger partial charge in [-0.05, 0) is 30.3 Å². The molecule has 2 aromatic rings. The first-order valence-electron chi connectivity index (χ1n) is 7.86. The normalized spacial score (nSPS) is 15.1. The van der Waals surface area contributed by atoms with Crippen LogP contribution in [0.5, 0.6) is 11.6 Å². The Bertz CT molecular complexity index is 845. The number of ether oxygens (including phenoxy) is 2. The summed E-state index contributed by atoms with van der Waals surface area (Å²) in [5, 5.41) is 0. The van der Waals surface area contributed by atoms with Crippen molar-refractivity contribution in [2.75, 3.05) is 13.1 Å². The van der Waals surface area contributed by atoms with Crippen molar-refractivity contribution in [1.82, 2.24) is 9.88 Å². The molecular formula is C17H12F6N2O3. The van der Waals surface area contributed by atoms with E-state index in [1.807, 2.05) is 0 Å². The number of aromatic nitrogens is 1. The first kappa shape index (κ1) is 19.8. The van der Waals surface area contributed by atoms with E-state index in [0.717, 1.165) is 30.5 Å². The molecule has 1 aliphatic rings. The molecule has 0 saturated carbocycles. The first-order valence-corrected chi connectivity index (χ1v) is 7.86. The highest BCUT2D eigenvalue weighted by Crippen LogP contribution is 2.31. The Hall–Kier alpha value is -2.98. The molecule has 1 aromatic carbocycles. The van der Waals surface area contributed by atoms with Crippen molar-refractivity contribution in [2.24, 2.45) is 0 Å². The highest BCUT2D eigenvalue weighted by Gasteiger charge is 2.35. The lowest BCUT2D eigenvalue weighted by Gasteiger charge is -2.38. The number of hydrogen-bond donors (Lipinski definition) is 0. The number of rotatable bonds is 4. The molecule has 2 heterocycles. The second-order valence-corrected chi connectivity index (χ2v) is 5.90. The van der Waals surface area contributed by atoms with Gasteiger partial charge in [0.15, 0.2) is 0 Å². The summed E-state index contributed by atoms with van der Waals surface area (Å²) >= 11 is 0. The monoisotopic (exact) mass is 406 g/mol. The van der Waals surface area contributed by atoms with Crippen molar-refractivity contribution in [3.63, 3.8) is 0 Å². The van der Waals surface area contributed by atoms with E-state index in [1.165, 1.54) is 17.0 Å². The molecule has 11 heteroatoms. The van der Waals surface area contributed by atoms with Gasteiger partial charge in [0.1, 0.15) is 11.9 Å². The van der Waals surface area contributed by atoms with Crippen LogP contribution in [0.1, 0.15) is 15.9 Å². The molecule has 0 N–H and O–H groups in total. The third kappa shape index (κ3) is 4.84. The van der Waals surface area contributed by atoms with E-state index in [2.05, 4.69) is 9.72 Å². The van der Waals surface area contributed by atoms with Crippen LogP contribution in [0.25, 0.3) is 0 Å². The van der Waals surface area contributed by atoms with Gasteiger partial charge in [0, 0.05) is 17.8 Å². The maximum absolute atomic E-state index is 12.7. The van der Waals surface area contributed by atoms with Gasteiger partial charge in [-0.2, -0.15) is 13.2 Å². The smallest absolute Gasteiger partial charge is 0.471 e. The number of carbonyl (C=O) groups is 1. The van der Waals surface area contributed by atoms with E-state index in [4.69, 9.17) is 4.74 Å². The van der Waals surface area contributed by atoms with E-state index in [0.29, 0.717) is 0 Å². The average molecular weight is 406 g/mol. The van der Waals surface area contributed by atoms with E-state index in [9.17, 15) is 31.1 Å². The lowest BCUT2D eigenvalue weighted by Crippen LogP contribution is -2.56. The van der Waals surface area contributed by atoms with Crippen molar-refractivity contribution in [3.8, 4) is 11.6 Å². The third-order valence-corrected chi connectivity index (χ3v) is 3.82. The van der Waals surface area contributed by atoms with Crippen molar-refractivity contribution in [2.45, 2.75) is 18.6 Å². The van der Waals surface area contributed by atoms with Crippen LogP contribution in [0.2, 0.25) is 0 Å². The summed E-state index contributed by atoms with van der Waals surface area (Å²) in [7, 11) is 0. The fraction of sp³-hybridized carbons (Fsp3) is 0.294. The maximum Gasteiger partial charge on any atom is 0.573 e. The van der Waals surface area contributed by atoms with Gasteiger partial charge in [-0.3, -0.25) is 4.79 Å². The highest BCUT2D eigenvalue weighted by atomic mass is 19.4. The molecule has 28 heavy (non-hydrogen) atoms. The number of benzene rings is 1. The SMILES string of the molecule is O=C(c1ccc(OC(F)(F)F)cc1)N1CC(Oc2cc(C(F)(F)F)ccn2)C1. The molecule has 0 radical (unpaired) electrons. The summed E-state index contributed by atoms with van der Waals surface area (Å²) < 4.78 is 83.4. The van der Waals surface area contributed by atoms with Crippen molar-refractivity contribution >= 4 is 5.91 Å². The molecular weight excluding hydrogens is 394 g/mol. The van der Waals surface area contributed by atoms with Gasteiger partial charge in [-0.1, -0.05) is 0 Å². The largest absolute Gasteiger partial charge is 0.573 e. The Kier molecular flexibility index (Phi) is 5.09. The molecule has 0 spiro atoms. The minimum absolute atomic E-state index is 0.109. The number of hydrogen-bond acceptors (Lipinski definition) is 4. The van der Waals surface area contributed by atoms with Crippen LogP contribution in [0, 0.1) is 0 Å². The van der Waals surface area contributed by atoms with E-state index in [-0.39, 0.29) is 24.5 Å². The van der Waals surface area contributed by atoms with Crippen LogP contribution in [-0.4, -0.2) is 41.3 Å². The molecule has 1 aromatic heterocycles. The number of pyridine rings is 1. The lowest BCUT2D eigenvalue weighted by atomic mass is 10.1. The molecule has 0 atom stereocenters. The fourth-order valence-corrected chi connectivity index (χ4v) is 2.48. The van der Waals surface area contributed by atoms with Gasteiger partial charge < -0.3 is 14.4 Å². The maximum atomic E-state index is 12.7. The Labute approximate surface area is 154 Å². The van der Waals surface area contributed by atoms with Crippen molar-refractivity contribution in [3.05, 3.63) is 53.7 Å². The summed E-state index contributed by atoms with van der Waals surface area (Å²) in [5.74, 6) is -1.11. The average Bonchev–Trinajstić information content (AvgIpc) is 2.56. The summed E-state index contributed by atoms with van der Waals surface area (Å²) in [4.78, 5) is 17.3. The zero-order valence-electron chi connectivity index (χ0n) is 13.9.